The van der Waals surface area contributed by atoms with Crippen LogP contribution in [0.1, 0.15) is 67.6 Å². The summed E-state index contributed by atoms with van der Waals surface area (Å²) in [5.74, 6) is -0.365. The first-order chi connectivity index (χ1) is 12.6. The molecule has 0 heterocycles. The number of esters is 1. The van der Waals surface area contributed by atoms with E-state index in [-0.39, 0.29) is 16.8 Å². The summed E-state index contributed by atoms with van der Waals surface area (Å²) in [7, 11) is 1.37. The van der Waals surface area contributed by atoms with Crippen molar-refractivity contribution in [2.75, 3.05) is 7.11 Å². The second-order valence-corrected chi connectivity index (χ2v) is 8.83. The number of benzene rings is 2. The maximum atomic E-state index is 11.5. The second-order valence-electron chi connectivity index (χ2n) is 8.47. The molecule has 0 saturated carbocycles. The fraction of sp³-hybridized carbons (Fsp3) is 0.391. The topological polar surface area (TPSA) is 38.7 Å². The molecule has 0 bridgehead atoms. The van der Waals surface area contributed by atoms with Crippen molar-refractivity contribution in [2.24, 2.45) is 4.99 Å². The van der Waals surface area contributed by atoms with Crippen molar-refractivity contribution in [3.63, 3.8) is 0 Å². The van der Waals surface area contributed by atoms with Crippen LogP contribution in [0.4, 0.5) is 5.69 Å². The van der Waals surface area contributed by atoms with E-state index < -0.39 is 0 Å². The van der Waals surface area contributed by atoms with Gasteiger partial charge in [-0.1, -0.05) is 51.4 Å². The van der Waals surface area contributed by atoms with Crippen molar-refractivity contribution >= 4 is 28.4 Å². The van der Waals surface area contributed by atoms with Gasteiger partial charge in [0.05, 0.1) is 18.4 Å². The first-order valence-corrected chi connectivity index (χ1v) is 9.60. The summed E-state index contributed by atoms with van der Waals surface area (Å²) >= 11 is 6.54. The van der Waals surface area contributed by atoms with Gasteiger partial charge in [-0.3, -0.25) is 0 Å². The van der Waals surface area contributed by atoms with Gasteiger partial charge in [-0.05, 0) is 65.1 Å². The Bertz CT molecular complexity index is 895. The fourth-order valence-corrected chi connectivity index (χ4v) is 3.90. The number of rotatable bonds is 3. The van der Waals surface area contributed by atoms with Gasteiger partial charge < -0.3 is 4.74 Å². The average molecular weight is 384 g/mol. The molecule has 0 radical (unpaired) electrons. The van der Waals surface area contributed by atoms with E-state index in [9.17, 15) is 4.79 Å². The van der Waals surface area contributed by atoms with Gasteiger partial charge in [0.2, 0.25) is 0 Å². The molecule has 0 N–H and O–H groups in total. The van der Waals surface area contributed by atoms with Crippen LogP contribution >= 0.6 is 11.6 Å². The largest absolute Gasteiger partial charge is 0.465 e. The SMILES string of the molecule is COC(=O)c1ccc(N=C(Cl)c2ccc3c(c2)C(C)(C)CCC3(C)C)cc1. The zero-order chi connectivity index (χ0) is 19.8. The van der Waals surface area contributed by atoms with E-state index >= 15 is 0 Å². The van der Waals surface area contributed by atoms with Crippen LogP contribution in [-0.2, 0) is 15.6 Å². The molecule has 0 spiro atoms. The van der Waals surface area contributed by atoms with Crippen LogP contribution in [0.3, 0.4) is 0 Å². The number of ether oxygens (including phenoxy) is 1. The monoisotopic (exact) mass is 383 g/mol. The van der Waals surface area contributed by atoms with E-state index in [1.165, 1.54) is 24.7 Å². The molecular formula is C23H26ClNO2. The Hall–Kier alpha value is -2.13. The predicted octanol–water partition coefficient (Wildman–Crippen LogP) is 6.14. The molecule has 0 fully saturated rings. The highest BCUT2D eigenvalue weighted by Crippen LogP contribution is 2.46. The number of aliphatic imine (C=N–C) groups is 1. The van der Waals surface area contributed by atoms with Gasteiger partial charge >= 0.3 is 5.97 Å². The number of carbonyl (C=O) groups is 1. The third-order valence-electron chi connectivity index (χ3n) is 5.61. The van der Waals surface area contributed by atoms with Gasteiger partial charge in [0.25, 0.3) is 0 Å². The molecule has 2 aromatic rings. The summed E-state index contributed by atoms with van der Waals surface area (Å²) in [4.78, 5) is 16.1. The van der Waals surface area contributed by atoms with Gasteiger partial charge in [-0.25, -0.2) is 9.79 Å². The van der Waals surface area contributed by atoms with Crippen LogP contribution in [0, 0.1) is 0 Å². The first kappa shape index (κ1) is 19.6. The second kappa shape index (κ2) is 7.12. The third-order valence-corrected chi connectivity index (χ3v) is 5.91. The normalized spacial score (nSPS) is 17.9. The average Bonchev–Trinajstić information content (AvgIpc) is 2.65. The summed E-state index contributed by atoms with van der Waals surface area (Å²) in [5.41, 5.74) is 5.16. The number of hydrogen-bond acceptors (Lipinski definition) is 3. The van der Waals surface area contributed by atoms with E-state index in [1.807, 2.05) is 0 Å². The molecule has 4 heteroatoms. The highest BCUT2D eigenvalue weighted by Gasteiger charge is 2.37. The Labute approximate surface area is 166 Å². The zero-order valence-electron chi connectivity index (χ0n) is 16.6. The molecule has 27 heavy (non-hydrogen) atoms. The smallest absolute Gasteiger partial charge is 0.337 e. The molecule has 2 aromatic carbocycles. The highest BCUT2D eigenvalue weighted by molar-refractivity contribution is 6.69. The Morgan fingerprint density at radius 3 is 2.07 bits per heavy atom. The summed E-state index contributed by atoms with van der Waals surface area (Å²) in [6.07, 6.45) is 2.33. The Morgan fingerprint density at radius 1 is 0.926 bits per heavy atom. The van der Waals surface area contributed by atoms with Crippen molar-refractivity contribution in [1.82, 2.24) is 0 Å². The predicted molar refractivity (Wildman–Crippen MR) is 112 cm³/mol. The van der Waals surface area contributed by atoms with E-state index in [2.05, 4.69) is 50.9 Å². The van der Waals surface area contributed by atoms with Crippen molar-refractivity contribution in [2.45, 2.75) is 51.4 Å². The minimum atomic E-state index is -0.365. The van der Waals surface area contributed by atoms with Crippen molar-refractivity contribution < 1.29 is 9.53 Å². The maximum Gasteiger partial charge on any atom is 0.337 e. The zero-order valence-corrected chi connectivity index (χ0v) is 17.4. The molecule has 3 rings (SSSR count). The van der Waals surface area contributed by atoms with Gasteiger partial charge in [0.1, 0.15) is 5.17 Å². The molecule has 0 unspecified atom stereocenters. The third kappa shape index (κ3) is 3.93. The summed E-state index contributed by atoms with van der Waals surface area (Å²) in [6.45, 7) is 9.20. The van der Waals surface area contributed by atoms with Gasteiger partial charge in [-0.15, -0.1) is 0 Å². The Balaban J connectivity index is 1.95. The number of halogens is 1. The fourth-order valence-electron chi connectivity index (χ4n) is 3.68. The van der Waals surface area contributed by atoms with Crippen molar-refractivity contribution in [1.29, 1.82) is 0 Å². The molecular weight excluding hydrogens is 358 g/mol. The van der Waals surface area contributed by atoms with Crippen LogP contribution in [0.25, 0.3) is 0 Å². The van der Waals surface area contributed by atoms with Crippen molar-refractivity contribution in [3.8, 4) is 0 Å². The standard InChI is InChI=1S/C23H26ClNO2/c1-22(2)12-13-23(3,4)19-14-16(8-11-18(19)22)20(24)25-17-9-6-15(7-10-17)21(26)27-5/h6-11,14H,12-13H2,1-5H3. The summed E-state index contributed by atoms with van der Waals surface area (Å²) in [5, 5.41) is 0.447. The van der Waals surface area contributed by atoms with E-state index in [0.717, 1.165) is 12.0 Å². The summed E-state index contributed by atoms with van der Waals surface area (Å²) in [6, 6.07) is 13.3. The van der Waals surface area contributed by atoms with Crippen molar-refractivity contribution in [3.05, 3.63) is 64.7 Å². The van der Waals surface area contributed by atoms with Crippen LogP contribution in [0.15, 0.2) is 47.5 Å². The number of methoxy groups -OCH3 is 1. The van der Waals surface area contributed by atoms with Crippen LogP contribution in [0.2, 0.25) is 0 Å². The van der Waals surface area contributed by atoms with Crippen LogP contribution < -0.4 is 0 Å². The molecule has 0 saturated heterocycles. The Morgan fingerprint density at radius 2 is 1.48 bits per heavy atom. The lowest BCUT2D eigenvalue weighted by Gasteiger charge is -2.42. The minimum absolute atomic E-state index is 0.125. The minimum Gasteiger partial charge on any atom is -0.465 e. The summed E-state index contributed by atoms with van der Waals surface area (Å²) < 4.78 is 4.71. The van der Waals surface area contributed by atoms with E-state index in [0.29, 0.717) is 16.4 Å². The molecule has 1 aliphatic rings. The maximum absolute atomic E-state index is 11.5. The van der Waals surface area contributed by atoms with E-state index in [1.54, 1.807) is 24.3 Å². The Kier molecular flexibility index (Phi) is 5.18. The van der Waals surface area contributed by atoms with Crippen LogP contribution in [-0.4, -0.2) is 18.2 Å². The quantitative estimate of drug-likeness (QED) is 0.471. The van der Waals surface area contributed by atoms with Gasteiger partial charge in [0.15, 0.2) is 0 Å². The molecule has 1 aliphatic carbocycles. The van der Waals surface area contributed by atoms with Gasteiger partial charge in [0, 0.05) is 5.56 Å². The molecule has 0 amide bonds. The molecule has 3 nitrogen and oxygen atoms in total. The molecule has 0 atom stereocenters. The lowest BCUT2D eigenvalue weighted by Crippen LogP contribution is -2.34. The molecule has 0 aliphatic heterocycles. The number of nitrogens with zero attached hydrogens (tertiary/aromatic N) is 1. The lowest BCUT2D eigenvalue weighted by atomic mass is 9.63. The van der Waals surface area contributed by atoms with E-state index in [4.69, 9.17) is 16.3 Å². The highest BCUT2D eigenvalue weighted by atomic mass is 35.5. The number of carbonyl (C=O) groups excluding carboxylic acids is 1. The van der Waals surface area contributed by atoms with Gasteiger partial charge in [-0.2, -0.15) is 0 Å². The first-order valence-electron chi connectivity index (χ1n) is 9.22. The number of fused-ring (bicyclic) bond motifs is 1. The number of hydrogen-bond donors (Lipinski definition) is 0. The van der Waals surface area contributed by atoms with Crippen LogP contribution in [0.5, 0.6) is 0 Å². The molecule has 0 aromatic heterocycles. The lowest BCUT2D eigenvalue weighted by molar-refractivity contribution is 0.0601. The molecule has 142 valence electrons.